The average molecular weight is 380 g/mol. The van der Waals surface area contributed by atoms with Crippen LogP contribution >= 0.6 is 0 Å². The van der Waals surface area contributed by atoms with Crippen LogP contribution in [0.25, 0.3) is 0 Å². The molecule has 0 saturated carbocycles. The molecular weight excluding hydrogens is 352 g/mol. The molecule has 0 radical (unpaired) electrons. The smallest absolute Gasteiger partial charge is 0.262 e. The van der Waals surface area contributed by atoms with Crippen LogP contribution in [-0.4, -0.2) is 38.2 Å². The van der Waals surface area contributed by atoms with Crippen molar-refractivity contribution in [3.05, 3.63) is 65.7 Å². The molecule has 0 aromatic heterocycles. The van der Waals surface area contributed by atoms with Gasteiger partial charge < -0.3 is 10.2 Å². The van der Waals surface area contributed by atoms with Crippen molar-refractivity contribution in [2.24, 2.45) is 11.0 Å². The maximum Gasteiger partial charge on any atom is 0.262 e. The first-order chi connectivity index (χ1) is 13.4. The second-order valence-electron chi connectivity index (χ2n) is 6.92. The van der Waals surface area contributed by atoms with E-state index in [0.29, 0.717) is 5.56 Å². The van der Waals surface area contributed by atoms with Crippen LogP contribution in [-0.2, 0) is 4.79 Å². The molecule has 2 atom stereocenters. The first kappa shape index (κ1) is 21.2. The van der Waals surface area contributed by atoms with Crippen LogP contribution in [0.5, 0.6) is 0 Å². The molecule has 0 fully saturated rings. The van der Waals surface area contributed by atoms with Crippen LogP contribution in [0.4, 0.5) is 5.69 Å². The topological polar surface area (TPSA) is 73.8 Å². The molecule has 0 aliphatic heterocycles. The summed E-state index contributed by atoms with van der Waals surface area (Å²) in [6.07, 6.45) is 2.34. The highest BCUT2D eigenvalue weighted by Crippen LogP contribution is 2.11. The summed E-state index contributed by atoms with van der Waals surface area (Å²) in [4.78, 5) is 27.0. The minimum Gasteiger partial charge on any atom is -0.378 e. The quantitative estimate of drug-likeness (QED) is 0.546. The Morgan fingerprint density at radius 1 is 1.07 bits per heavy atom. The Kier molecular flexibility index (Phi) is 7.75. The molecule has 6 nitrogen and oxygen atoms in total. The van der Waals surface area contributed by atoms with Gasteiger partial charge in [0.05, 0.1) is 6.21 Å². The van der Waals surface area contributed by atoms with E-state index in [9.17, 15) is 9.59 Å². The second kappa shape index (κ2) is 10.3. The van der Waals surface area contributed by atoms with Gasteiger partial charge in [0.2, 0.25) is 0 Å². The molecule has 0 saturated heterocycles. The number of hydrazone groups is 1. The van der Waals surface area contributed by atoms with Gasteiger partial charge >= 0.3 is 0 Å². The molecule has 28 heavy (non-hydrogen) atoms. The molecule has 2 aromatic carbocycles. The van der Waals surface area contributed by atoms with Gasteiger partial charge in [-0.05, 0) is 35.7 Å². The summed E-state index contributed by atoms with van der Waals surface area (Å²) in [6.45, 7) is 3.91. The van der Waals surface area contributed by atoms with E-state index in [1.54, 1.807) is 30.5 Å². The minimum atomic E-state index is -0.661. The molecule has 0 heterocycles. The Morgan fingerprint density at radius 2 is 1.71 bits per heavy atom. The third-order valence-corrected chi connectivity index (χ3v) is 4.62. The number of carbonyl (C=O) groups excluding carboxylic acids is 2. The lowest BCUT2D eigenvalue weighted by molar-refractivity contribution is -0.124. The van der Waals surface area contributed by atoms with Crippen molar-refractivity contribution in [2.75, 3.05) is 19.0 Å². The van der Waals surface area contributed by atoms with E-state index < -0.39 is 6.04 Å². The van der Waals surface area contributed by atoms with Gasteiger partial charge in [-0.25, -0.2) is 5.43 Å². The van der Waals surface area contributed by atoms with E-state index in [-0.39, 0.29) is 17.7 Å². The van der Waals surface area contributed by atoms with Gasteiger partial charge in [-0.1, -0.05) is 50.6 Å². The summed E-state index contributed by atoms with van der Waals surface area (Å²) in [5.74, 6) is -0.633. The predicted molar refractivity (Wildman–Crippen MR) is 114 cm³/mol. The van der Waals surface area contributed by atoms with Gasteiger partial charge in [-0.2, -0.15) is 5.10 Å². The molecular formula is C22H28N4O2. The van der Waals surface area contributed by atoms with Crippen molar-refractivity contribution in [2.45, 2.75) is 26.3 Å². The van der Waals surface area contributed by atoms with Gasteiger partial charge in [0.25, 0.3) is 11.8 Å². The number of amides is 2. The highest BCUT2D eigenvalue weighted by molar-refractivity contribution is 5.97. The minimum absolute atomic E-state index is 0.0257. The summed E-state index contributed by atoms with van der Waals surface area (Å²) < 4.78 is 0. The predicted octanol–water partition coefficient (Wildman–Crippen LogP) is 3.05. The lowest BCUT2D eigenvalue weighted by atomic mass is 9.98. The molecule has 6 heteroatoms. The highest BCUT2D eigenvalue weighted by atomic mass is 16.2. The number of anilines is 1. The van der Waals surface area contributed by atoms with Crippen molar-refractivity contribution >= 4 is 23.7 Å². The van der Waals surface area contributed by atoms with E-state index in [1.165, 1.54) is 0 Å². The molecule has 148 valence electrons. The SMILES string of the molecule is CCC(C)[C@H](NC(=O)c1ccccc1)C(=O)N/N=C/c1ccc(N(C)C)cc1. The van der Waals surface area contributed by atoms with Gasteiger partial charge in [0, 0.05) is 25.3 Å². The van der Waals surface area contributed by atoms with Crippen LogP contribution in [0.2, 0.25) is 0 Å². The molecule has 2 rings (SSSR count). The fourth-order valence-corrected chi connectivity index (χ4v) is 2.61. The molecule has 2 aromatic rings. The van der Waals surface area contributed by atoms with Crippen molar-refractivity contribution in [3.8, 4) is 0 Å². The van der Waals surface area contributed by atoms with Crippen molar-refractivity contribution in [1.29, 1.82) is 0 Å². The summed E-state index contributed by atoms with van der Waals surface area (Å²) >= 11 is 0. The lowest BCUT2D eigenvalue weighted by Gasteiger charge is -2.22. The highest BCUT2D eigenvalue weighted by Gasteiger charge is 2.26. The van der Waals surface area contributed by atoms with Crippen molar-refractivity contribution in [3.63, 3.8) is 0 Å². The van der Waals surface area contributed by atoms with Crippen molar-refractivity contribution < 1.29 is 9.59 Å². The molecule has 2 amide bonds. The van der Waals surface area contributed by atoms with Crippen LogP contribution < -0.4 is 15.6 Å². The zero-order chi connectivity index (χ0) is 20.5. The Balaban J connectivity index is 2.01. The number of nitrogens with one attached hydrogen (secondary N) is 2. The van der Waals surface area contributed by atoms with E-state index in [4.69, 9.17) is 0 Å². The molecule has 0 aliphatic carbocycles. The largest absolute Gasteiger partial charge is 0.378 e. The first-order valence-corrected chi connectivity index (χ1v) is 9.38. The lowest BCUT2D eigenvalue weighted by Crippen LogP contribution is -2.49. The third-order valence-electron chi connectivity index (χ3n) is 4.62. The number of carbonyl (C=O) groups is 2. The first-order valence-electron chi connectivity index (χ1n) is 9.38. The normalized spacial score (nSPS) is 13.0. The van der Waals surface area contributed by atoms with Crippen LogP contribution in [0, 0.1) is 5.92 Å². The zero-order valence-corrected chi connectivity index (χ0v) is 16.8. The van der Waals surface area contributed by atoms with Gasteiger partial charge in [-0.15, -0.1) is 0 Å². The van der Waals surface area contributed by atoms with E-state index in [1.807, 2.05) is 63.2 Å². The number of nitrogens with zero attached hydrogens (tertiary/aromatic N) is 2. The number of hydrogen-bond acceptors (Lipinski definition) is 4. The molecule has 2 N–H and O–H groups in total. The molecule has 0 bridgehead atoms. The van der Waals surface area contributed by atoms with Gasteiger partial charge in [0.15, 0.2) is 0 Å². The zero-order valence-electron chi connectivity index (χ0n) is 16.8. The molecule has 0 spiro atoms. The maximum atomic E-state index is 12.6. The number of hydrogen-bond donors (Lipinski definition) is 2. The third kappa shape index (κ3) is 5.94. The fraction of sp³-hybridized carbons (Fsp3) is 0.318. The summed E-state index contributed by atoms with van der Waals surface area (Å²) in [6, 6.07) is 16.0. The number of rotatable bonds is 8. The average Bonchev–Trinajstić information content (AvgIpc) is 2.72. The Morgan fingerprint density at radius 3 is 2.29 bits per heavy atom. The van der Waals surface area contributed by atoms with E-state index in [2.05, 4.69) is 15.8 Å². The van der Waals surface area contributed by atoms with Crippen LogP contribution in [0.15, 0.2) is 59.7 Å². The number of benzene rings is 2. The summed E-state index contributed by atoms with van der Waals surface area (Å²) in [5.41, 5.74) is 5.03. The summed E-state index contributed by atoms with van der Waals surface area (Å²) in [7, 11) is 3.95. The van der Waals surface area contributed by atoms with Crippen molar-refractivity contribution in [1.82, 2.24) is 10.7 Å². The maximum absolute atomic E-state index is 12.6. The van der Waals surface area contributed by atoms with E-state index in [0.717, 1.165) is 17.7 Å². The standard InChI is InChI=1S/C22H28N4O2/c1-5-16(2)20(24-21(27)18-9-7-6-8-10-18)22(28)25-23-15-17-11-13-19(14-12-17)26(3)4/h6-16,20H,5H2,1-4H3,(H,24,27)(H,25,28)/b23-15+/t16?,20-/m0/s1. The van der Waals surface area contributed by atoms with Crippen LogP contribution in [0.3, 0.4) is 0 Å². The second-order valence-corrected chi connectivity index (χ2v) is 6.92. The molecule has 0 aliphatic rings. The fourth-order valence-electron chi connectivity index (χ4n) is 2.61. The molecule has 1 unspecified atom stereocenters. The summed E-state index contributed by atoms with van der Waals surface area (Å²) in [5, 5.41) is 6.87. The monoisotopic (exact) mass is 380 g/mol. The van der Waals surface area contributed by atoms with Crippen LogP contribution in [0.1, 0.15) is 36.2 Å². The Labute approximate surface area is 166 Å². The van der Waals surface area contributed by atoms with E-state index >= 15 is 0 Å². The Hall–Kier alpha value is -3.15. The van der Waals surface area contributed by atoms with Gasteiger partial charge in [0.1, 0.15) is 6.04 Å². The Bertz CT molecular complexity index is 801. The van der Waals surface area contributed by atoms with Gasteiger partial charge in [-0.3, -0.25) is 9.59 Å².